The molecule has 0 aromatic heterocycles. The van der Waals surface area contributed by atoms with Crippen molar-refractivity contribution < 1.29 is 14.7 Å². The molecule has 0 heterocycles. The minimum atomic E-state index is -1.03. The van der Waals surface area contributed by atoms with Gasteiger partial charge >= 0.3 is 12.0 Å². The zero-order valence-corrected chi connectivity index (χ0v) is 11.3. The Morgan fingerprint density at radius 2 is 2.06 bits per heavy atom. The van der Waals surface area contributed by atoms with Gasteiger partial charge in [0, 0.05) is 6.54 Å². The largest absolute Gasteiger partial charge is 0.480 e. The normalized spacial score (nSPS) is 11.7. The zero-order chi connectivity index (χ0) is 14.1. The summed E-state index contributed by atoms with van der Waals surface area (Å²) in [5, 5.41) is 11.4. The summed E-state index contributed by atoms with van der Waals surface area (Å²) < 4.78 is 0. The minimum Gasteiger partial charge on any atom is -0.480 e. The van der Waals surface area contributed by atoms with Crippen LogP contribution in [0, 0.1) is 18.3 Å². The van der Waals surface area contributed by atoms with Crippen LogP contribution in [0.25, 0.3) is 0 Å². The molecule has 2 amide bonds. The summed E-state index contributed by atoms with van der Waals surface area (Å²) in [5.41, 5.74) is 0. The Balaban J connectivity index is 4.54. The van der Waals surface area contributed by atoms with Gasteiger partial charge in [0.25, 0.3) is 0 Å². The van der Waals surface area contributed by atoms with Crippen molar-refractivity contribution >= 4 is 12.0 Å². The second-order valence-corrected chi connectivity index (χ2v) is 4.63. The number of carbonyl (C=O) groups is 2. The molecule has 0 aromatic rings. The minimum absolute atomic E-state index is 0.200. The van der Waals surface area contributed by atoms with Gasteiger partial charge in [0.1, 0.15) is 6.54 Å². The standard InChI is InChI=1S/C13H22N2O3/c1-5-7-11(6-2)14-13(18)15(8-10(3)4)9-12(16)17/h2,10-11H,5,7-9H2,1,3-4H3,(H,14,18)(H,16,17). The smallest absolute Gasteiger partial charge is 0.323 e. The molecule has 0 aromatic carbocycles. The van der Waals surface area contributed by atoms with Crippen LogP contribution in [0.4, 0.5) is 4.79 Å². The highest BCUT2D eigenvalue weighted by molar-refractivity contribution is 5.80. The summed E-state index contributed by atoms with van der Waals surface area (Å²) in [7, 11) is 0. The third-order valence-electron chi connectivity index (χ3n) is 2.28. The van der Waals surface area contributed by atoms with Crippen LogP contribution in [-0.2, 0) is 4.79 Å². The molecule has 0 radical (unpaired) electrons. The van der Waals surface area contributed by atoms with E-state index in [2.05, 4.69) is 11.2 Å². The highest BCUT2D eigenvalue weighted by Crippen LogP contribution is 2.02. The zero-order valence-electron chi connectivity index (χ0n) is 11.3. The van der Waals surface area contributed by atoms with E-state index < -0.39 is 12.0 Å². The monoisotopic (exact) mass is 254 g/mol. The molecule has 1 atom stereocenters. The van der Waals surface area contributed by atoms with Crippen molar-refractivity contribution in [3.63, 3.8) is 0 Å². The molecule has 2 N–H and O–H groups in total. The Labute approximate surface area is 109 Å². The van der Waals surface area contributed by atoms with E-state index in [9.17, 15) is 9.59 Å². The van der Waals surface area contributed by atoms with Crippen molar-refractivity contribution in [3.8, 4) is 12.3 Å². The van der Waals surface area contributed by atoms with Crippen LogP contribution in [0.3, 0.4) is 0 Å². The molecule has 0 aliphatic rings. The van der Waals surface area contributed by atoms with Crippen LogP contribution in [-0.4, -0.2) is 41.1 Å². The molecule has 5 nitrogen and oxygen atoms in total. The molecule has 0 aliphatic carbocycles. The number of nitrogens with zero attached hydrogens (tertiary/aromatic N) is 1. The summed E-state index contributed by atoms with van der Waals surface area (Å²) in [5.74, 6) is 1.66. The Bertz CT molecular complexity index is 321. The van der Waals surface area contributed by atoms with E-state index in [-0.39, 0.29) is 18.5 Å². The van der Waals surface area contributed by atoms with Gasteiger partial charge in [-0.25, -0.2) is 4.79 Å². The number of rotatable bonds is 7. The Morgan fingerprint density at radius 1 is 1.44 bits per heavy atom. The maximum absolute atomic E-state index is 11.9. The predicted octanol–water partition coefficient (Wildman–Crippen LogP) is 1.54. The van der Waals surface area contributed by atoms with Crippen LogP contribution >= 0.6 is 0 Å². The maximum atomic E-state index is 11.9. The highest BCUT2D eigenvalue weighted by atomic mass is 16.4. The highest BCUT2D eigenvalue weighted by Gasteiger charge is 2.19. The van der Waals surface area contributed by atoms with Gasteiger partial charge in [-0.1, -0.05) is 33.1 Å². The molecule has 1 unspecified atom stereocenters. The van der Waals surface area contributed by atoms with Gasteiger partial charge in [-0.2, -0.15) is 0 Å². The third-order valence-corrected chi connectivity index (χ3v) is 2.28. The molecule has 18 heavy (non-hydrogen) atoms. The number of hydrogen-bond donors (Lipinski definition) is 2. The summed E-state index contributed by atoms with van der Waals surface area (Å²) in [6, 6.07) is -0.756. The van der Waals surface area contributed by atoms with E-state index in [1.54, 1.807) is 0 Å². The number of urea groups is 1. The average Bonchev–Trinajstić information content (AvgIpc) is 2.26. The second kappa shape index (κ2) is 8.40. The lowest BCUT2D eigenvalue weighted by molar-refractivity contribution is -0.137. The SMILES string of the molecule is C#CC(CCC)NC(=O)N(CC(=O)O)CC(C)C. The quantitative estimate of drug-likeness (QED) is 0.677. The molecule has 0 spiro atoms. The van der Waals surface area contributed by atoms with E-state index in [0.717, 1.165) is 6.42 Å². The van der Waals surface area contributed by atoms with E-state index in [4.69, 9.17) is 11.5 Å². The molecule has 0 fully saturated rings. The van der Waals surface area contributed by atoms with Gasteiger partial charge in [-0.15, -0.1) is 6.42 Å². The molecule has 0 saturated heterocycles. The van der Waals surface area contributed by atoms with E-state index in [1.807, 2.05) is 20.8 Å². The number of amides is 2. The molecule has 0 saturated carbocycles. The maximum Gasteiger partial charge on any atom is 0.323 e. The first-order valence-corrected chi connectivity index (χ1v) is 6.14. The Hall–Kier alpha value is -1.70. The van der Waals surface area contributed by atoms with Gasteiger partial charge in [-0.05, 0) is 12.3 Å². The fourth-order valence-electron chi connectivity index (χ4n) is 1.55. The number of carbonyl (C=O) groups excluding carboxylic acids is 1. The predicted molar refractivity (Wildman–Crippen MR) is 70.1 cm³/mol. The van der Waals surface area contributed by atoms with Gasteiger partial charge in [0.2, 0.25) is 0 Å². The van der Waals surface area contributed by atoms with Crippen LogP contribution in [0.15, 0.2) is 0 Å². The van der Waals surface area contributed by atoms with Crippen LogP contribution in [0.2, 0.25) is 0 Å². The second-order valence-electron chi connectivity index (χ2n) is 4.63. The van der Waals surface area contributed by atoms with Gasteiger partial charge in [0.15, 0.2) is 0 Å². The molecule has 0 rings (SSSR count). The molecule has 102 valence electrons. The fourth-order valence-corrected chi connectivity index (χ4v) is 1.55. The number of aliphatic carboxylic acids is 1. The van der Waals surface area contributed by atoms with Crippen molar-refractivity contribution in [2.75, 3.05) is 13.1 Å². The first-order chi connectivity index (χ1) is 8.40. The number of nitrogens with one attached hydrogen (secondary N) is 1. The van der Waals surface area contributed by atoms with Crippen molar-refractivity contribution in [1.82, 2.24) is 10.2 Å². The average molecular weight is 254 g/mol. The molecule has 5 heteroatoms. The van der Waals surface area contributed by atoms with E-state index >= 15 is 0 Å². The van der Waals surface area contributed by atoms with Crippen molar-refractivity contribution in [3.05, 3.63) is 0 Å². The number of carboxylic acid groups (broad SMARTS) is 1. The van der Waals surface area contributed by atoms with Crippen molar-refractivity contribution in [2.24, 2.45) is 5.92 Å². The van der Waals surface area contributed by atoms with Gasteiger partial charge in [-0.3, -0.25) is 4.79 Å². The molecule has 0 aliphatic heterocycles. The summed E-state index contributed by atoms with van der Waals surface area (Å²) in [6.45, 7) is 5.90. The lowest BCUT2D eigenvalue weighted by atomic mass is 10.2. The Morgan fingerprint density at radius 3 is 2.44 bits per heavy atom. The van der Waals surface area contributed by atoms with Gasteiger partial charge < -0.3 is 15.3 Å². The summed E-state index contributed by atoms with van der Waals surface area (Å²) in [6.07, 6.45) is 6.85. The first-order valence-electron chi connectivity index (χ1n) is 6.14. The number of hydrogen-bond acceptors (Lipinski definition) is 2. The van der Waals surface area contributed by atoms with Crippen LogP contribution < -0.4 is 5.32 Å². The number of carboxylic acids is 1. The van der Waals surface area contributed by atoms with E-state index in [0.29, 0.717) is 13.0 Å². The lowest BCUT2D eigenvalue weighted by Gasteiger charge is -2.24. The Kier molecular flexibility index (Phi) is 7.61. The third kappa shape index (κ3) is 6.79. The number of terminal acetylenes is 1. The fraction of sp³-hybridized carbons (Fsp3) is 0.692. The van der Waals surface area contributed by atoms with Crippen molar-refractivity contribution in [1.29, 1.82) is 0 Å². The van der Waals surface area contributed by atoms with Crippen LogP contribution in [0.5, 0.6) is 0 Å². The molecular formula is C13H22N2O3. The molecule has 0 bridgehead atoms. The van der Waals surface area contributed by atoms with Crippen molar-refractivity contribution in [2.45, 2.75) is 39.7 Å². The lowest BCUT2D eigenvalue weighted by Crippen LogP contribution is -2.47. The topological polar surface area (TPSA) is 69.6 Å². The summed E-state index contributed by atoms with van der Waals surface area (Å²) >= 11 is 0. The van der Waals surface area contributed by atoms with E-state index in [1.165, 1.54) is 4.90 Å². The molecular weight excluding hydrogens is 232 g/mol. The van der Waals surface area contributed by atoms with Crippen LogP contribution in [0.1, 0.15) is 33.6 Å². The van der Waals surface area contributed by atoms with Gasteiger partial charge in [0.05, 0.1) is 6.04 Å². The summed E-state index contributed by atoms with van der Waals surface area (Å²) in [4.78, 5) is 23.9. The first kappa shape index (κ1) is 16.3.